The molecule has 3 rings (SSSR count). The summed E-state index contributed by atoms with van der Waals surface area (Å²) in [6, 6.07) is 4.07. The summed E-state index contributed by atoms with van der Waals surface area (Å²) in [7, 11) is 0. The normalized spacial score (nSPS) is 17.7. The second-order valence-electron chi connectivity index (χ2n) is 3.39. The van der Waals surface area contributed by atoms with Gasteiger partial charge in [0.15, 0.2) is 11.5 Å². The van der Waals surface area contributed by atoms with E-state index in [0.717, 1.165) is 24.5 Å². The van der Waals surface area contributed by atoms with E-state index in [0.29, 0.717) is 13.3 Å². The van der Waals surface area contributed by atoms with Crippen LogP contribution < -0.4 is 9.47 Å². The van der Waals surface area contributed by atoms with Crippen molar-refractivity contribution in [1.82, 2.24) is 0 Å². The fourth-order valence-corrected chi connectivity index (χ4v) is 1.77. The molecule has 14 heavy (non-hydrogen) atoms. The Hall–Kier alpha value is -1.58. The topological polar surface area (TPSA) is 43.2 Å². The summed E-state index contributed by atoms with van der Waals surface area (Å²) in [5.74, 6) is 1.69. The van der Waals surface area contributed by atoms with Crippen LogP contribution in [0.25, 0.3) is 0 Å². The maximum absolute atomic E-state index is 5.32. The molecule has 0 bridgehead atoms. The van der Waals surface area contributed by atoms with Crippen LogP contribution in [-0.2, 0) is 13.0 Å². The number of hydrogen-bond acceptors (Lipinski definition) is 4. The molecule has 2 aliphatic rings. The lowest BCUT2D eigenvalue weighted by Crippen LogP contribution is -1.93. The fraction of sp³-hybridized carbons (Fsp3) is 0.400. The predicted octanol–water partition coefficient (Wildman–Crippen LogP) is 1.92. The van der Waals surface area contributed by atoms with Gasteiger partial charge in [-0.25, -0.2) is 0 Å². The molecule has 0 N–H and O–H groups in total. The molecule has 1 aromatic rings. The highest BCUT2D eigenvalue weighted by molar-refractivity contribution is 5.49. The van der Waals surface area contributed by atoms with Gasteiger partial charge in [0.05, 0.1) is 13.1 Å². The van der Waals surface area contributed by atoms with Crippen molar-refractivity contribution in [2.24, 2.45) is 10.2 Å². The quantitative estimate of drug-likeness (QED) is 0.627. The van der Waals surface area contributed by atoms with Crippen molar-refractivity contribution in [2.45, 2.75) is 13.0 Å². The average molecular weight is 190 g/mol. The lowest BCUT2D eigenvalue weighted by atomic mass is 10.0. The molecule has 0 unspecified atom stereocenters. The second-order valence-corrected chi connectivity index (χ2v) is 3.39. The van der Waals surface area contributed by atoms with Crippen molar-refractivity contribution in [3.8, 4) is 11.5 Å². The summed E-state index contributed by atoms with van der Waals surface area (Å²) in [4.78, 5) is 0. The third-order valence-electron chi connectivity index (χ3n) is 2.52. The molecule has 0 amide bonds. The van der Waals surface area contributed by atoms with E-state index >= 15 is 0 Å². The zero-order chi connectivity index (χ0) is 9.38. The zero-order valence-electron chi connectivity index (χ0n) is 7.69. The molecule has 2 heterocycles. The fourth-order valence-electron chi connectivity index (χ4n) is 1.77. The predicted molar refractivity (Wildman–Crippen MR) is 49.7 cm³/mol. The number of ether oxygens (including phenoxy) is 2. The Kier molecular flexibility index (Phi) is 1.65. The average Bonchev–Trinajstić information content (AvgIpc) is 2.51. The minimum absolute atomic E-state index is 0.333. The summed E-state index contributed by atoms with van der Waals surface area (Å²) in [6.07, 6.45) is 0.940. The van der Waals surface area contributed by atoms with Crippen molar-refractivity contribution >= 4 is 0 Å². The maximum Gasteiger partial charge on any atom is 0.231 e. The van der Waals surface area contributed by atoms with Gasteiger partial charge in [0.2, 0.25) is 6.79 Å². The Morgan fingerprint density at radius 2 is 1.79 bits per heavy atom. The van der Waals surface area contributed by atoms with E-state index in [1.165, 1.54) is 11.1 Å². The van der Waals surface area contributed by atoms with Gasteiger partial charge in [0.1, 0.15) is 0 Å². The molecule has 72 valence electrons. The van der Waals surface area contributed by atoms with E-state index in [-0.39, 0.29) is 0 Å². The highest BCUT2D eigenvalue weighted by Gasteiger charge is 2.17. The number of nitrogens with zero attached hydrogens (tertiary/aromatic N) is 2. The van der Waals surface area contributed by atoms with Crippen LogP contribution in [0.15, 0.2) is 22.4 Å². The lowest BCUT2D eigenvalue weighted by molar-refractivity contribution is 0.174. The Morgan fingerprint density at radius 3 is 2.64 bits per heavy atom. The van der Waals surface area contributed by atoms with Gasteiger partial charge < -0.3 is 9.47 Å². The SMILES string of the molecule is c1c2c(cc3c1OCO3)CN=NCC2. The van der Waals surface area contributed by atoms with Crippen LogP contribution in [0.2, 0.25) is 0 Å². The molecular formula is C10H10N2O2. The standard InChI is InChI=1S/C10H10N2O2/c1-2-11-12-5-8-4-10-9(3-7(1)8)13-6-14-10/h3-4H,1-2,5-6H2. The minimum atomic E-state index is 0.333. The van der Waals surface area contributed by atoms with E-state index in [1.54, 1.807) is 0 Å². The Morgan fingerprint density at radius 1 is 1.00 bits per heavy atom. The number of rotatable bonds is 0. The van der Waals surface area contributed by atoms with Gasteiger partial charge >= 0.3 is 0 Å². The summed E-state index contributed by atoms with van der Waals surface area (Å²) < 4.78 is 10.6. The van der Waals surface area contributed by atoms with Gasteiger partial charge in [-0.3, -0.25) is 0 Å². The zero-order valence-corrected chi connectivity index (χ0v) is 7.69. The number of benzene rings is 1. The molecule has 0 atom stereocenters. The van der Waals surface area contributed by atoms with Gasteiger partial charge in [-0.2, -0.15) is 10.2 Å². The molecule has 0 radical (unpaired) electrons. The van der Waals surface area contributed by atoms with Crippen LogP contribution in [0, 0.1) is 0 Å². The number of hydrogen-bond donors (Lipinski definition) is 0. The van der Waals surface area contributed by atoms with Crippen molar-refractivity contribution in [3.63, 3.8) is 0 Å². The van der Waals surface area contributed by atoms with Crippen LogP contribution in [0.5, 0.6) is 11.5 Å². The van der Waals surface area contributed by atoms with Gasteiger partial charge in [-0.15, -0.1) is 0 Å². The third kappa shape index (κ3) is 1.14. The van der Waals surface area contributed by atoms with Crippen LogP contribution in [-0.4, -0.2) is 13.3 Å². The van der Waals surface area contributed by atoms with Crippen LogP contribution in [0.3, 0.4) is 0 Å². The Balaban J connectivity index is 2.09. The van der Waals surface area contributed by atoms with Crippen LogP contribution in [0.1, 0.15) is 11.1 Å². The molecule has 0 saturated heterocycles. The third-order valence-corrected chi connectivity index (χ3v) is 2.52. The van der Waals surface area contributed by atoms with Crippen LogP contribution >= 0.6 is 0 Å². The van der Waals surface area contributed by atoms with Gasteiger partial charge in [-0.05, 0) is 29.7 Å². The molecule has 0 aliphatic carbocycles. The van der Waals surface area contributed by atoms with Crippen LogP contribution in [0.4, 0.5) is 0 Å². The second kappa shape index (κ2) is 2.97. The largest absolute Gasteiger partial charge is 0.454 e. The van der Waals surface area contributed by atoms with E-state index in [9.17, 15) is 0 Å². The first-order valence-corrected chi connectivity index (χ1v) is 4.68. The molecule has 0 aromatic heterocycles. The molecule has 4 heteroatoms. The first-order valence-electron chi connectivity index (χ1n) is 4.68. The maximum atomic E-state index is 5.32. The molecule has 2 aliphatic heterocycles. The van der Waals surface area contributed by atoms with Gasteiger partial charge in [0, 0.05) is 0 Å². The molecule has 0 saturated carbocycles. The number of fused-ring (bicyclic) bond motifs is 2. The summed E-state index contributed by atoms with van der Waals surface area (Å²) in [6.45, 7) is 1.76. The van der Waals surface area contributed by atoms with Gasteiger partial charge in [0.25, 0.3) is 0 Å². The first kappa shape index (κ1) is 7.79. The van der Waals surface area contributed by atoms with E-state index < -0.39 is 0 Å². The summed E-state index contributed by atoms with van der Waals surface area (Å²) >= 11 is 0. The molecule has 4 nitrogen and oxygen atoms in total. The van der Waals surface area contributed by atoms with Crippen molar-refractivity contribution in [2.75, 3.05) is 13.3 Å². The van der Waals surface area contributed by atoms with Crippen molar-refractivity contribution < 1.29 is 9.47 Å². The lowest BCUT2D eigenvalue weighted by Gasteiger charge is -2.05. The highest BCUT2D eigenvalue weighted by Crippen LogP contribution is 2.35. The number of azo groups is 1. The molecule has 0 spiro atoms. The molecular weight excluding hydrogens is 180 g/mol. The van der Waals surface area contributed by atoms with Crippen molar-refractivity contribution in [3.05, 3.63) is 23.3 Å². The van der Waals surface area contributed by atoms with Crippen molar-refractivity contribution in [1.29, 1.82) is 0 Å². The minimum Gasteiger partial charge on any atom is -0.454 e. The smallest absolute Gasteiger partial charge is 0.231 e. The Labute approximate surface area is 81.6 Å². The van der Waals surface area contributed by atoms with E-state index in [1.807, 2.05) is 12.1 Å². The molecule has 0 fully saturated rings. The summed E-state index contributed by atoms with van der Waals surface area (Å²) in [5.41, 5.74) is 2.48. The first-order chi connectivity index (χ1) is 6.93. The monoisotopic (exact) mass is 190 g/mol. The summed E-state index contributed by atoms with van der Waals surface area (Å²) in [5, 5.41) is 8.10. The molecule has 1 aromatic carbocycles. The van der Waals surface area contributed by atoms with E-state index in [2.05, 4.69) is 10.2 Å². The Bertz CT molecular complexity index is 401. The van der Waals surface area contributed by atoms with E-state index in [4.69, 9.17) is 9.47 Å². The highest BCUT2D eigenvalue weighted by atomic mass is 16.7. The van der Waals surface area contributed by atoms with Gasteiger partial charge in [-0.1, -0.05) is 0 Å².